The van der Waals surface area contributed by atoms with Crippen LogP contribution >= 0.6 is 23.7 Å². The van der Waals surface area contributed by atoms with E-state index in [2.05, 4.69) is 20.7 Å². The Kier molecular flexibility index (Phi) is 7.99. The van der Waals surface area contributed by atoms with Crippen molar-refractivity contribution in [2.75, 3.05) is 20.7 Å². The topological polar surface area (TPSA) is 109 Å². The van der Waals surface area contributed by atoms with E-state index in [1.54, 1.807) is 24.3 Å². The zero-order valence-electron chi connectivity index (χ0n) is 20.9. The summed E-state index contributed by atoms with van der Waals surface area (Å²) in [6, 6.07) is 20.0. The fourth-order valence-electron chi connectivity index (χ4n) is 3.35. The summed E-state index contributed by atoms with van der Waals surface area (Å²) < 4.78 is 8.51. The van der Waals surface area contributed by atoms with E-state index in [0.29, 0.717) is 22.6 Å². The maximum atomic E-state index is 12.8. The zero-order chi connectivity index (χ0) is 26.6. The minimum absolute atomic E-state index is 0.0683. The summed E-state index contributed by atoms with van der Waals surface area (Å²) in [5.41, 5.74) is 2.68. The Labute approximate surface area is 224 Å². The lowest BCUT2D eigenvalue weighted by Gasteiger charge is -2.21. The van der Waals surface area contributed by atoms with Crippen LogP contribution in [0.1, 0.15) is 38.1 Å². The fraction of sp³-hybridized carbons (Fsp3) is 0.222. The first-order valence-corrected chi connectivity index (χ1v) is 13.3. The summed E-state index contributed by atoms with van der Waals surface area (Å²) >= 11 is 2.87. The van der Waals surface area contributed by atoms with Crippen LogP contribution in [0.15, 0.2) is 76.5 Å². The number of hydrogen-bond donors (Lipinski definition) is 4. The van der Waals surface area contributed by atoms with E-state index < -0.39 is 11.7 Å². The third kappa shape index (κ3) is 7.43. The van der Waals surface area contributed by atoms with Gasteiger partial charge >= 0.3 is 6.09 Å². The number of thioether (sulfide) groups is 1. The van der Waals surface area contributed by atoms with Gasteiger partial charge in [0.1, 0.15) is 5.60 Å². The normalized spacial score (nSPS) is 14.7. The molecule has 1 aliphatic heterocycles. The smallest absolute Gasteiger partial charge is 0.412 e. The molecular formula is C27H28N4O4S2. The van der Waals surface area contributed by atoms with Gasteiger partial charge in [0.25, 0.3) is 5.91 Å². The Bertz CT molecular complexity index is 1320. The largest absolute Gasteiger partial charge is 0.444 e. The molecule has 1 unspecified atom stereocenters. The Balaban J connectivity index is 1.33. The van der Waals surface area contributed by atoms with Gasteiger partial charge in [0.15, 0.2) is 0 Å². The third-order valence-corrected chi connectivity index (χ3v) is 7.09. The number of fused-ring (bicyclic) bond motifs is 1. The van der Waals surface area contributed by atoms with E-state index in [1.165, 1.54) is 23.7 Å². The van der Waals surface area contributed by atoms with Crippen LogP contribution in [0.25, 0.3) is 0 Å². The average molecular weight is 537 g/mol. The minimum atomic E-state index is -0.563. The Hall–Kier alpha value is -3.63. The summed E-state index contributed by atoms with van der Waals surface area (Å²) in [5, 5.41) is 8.31. The van der Waals surface area contributed by atoms with Crippen LogP contribution in [0.2, 0.25) is 0 Å². The molecule has 8 nitrogen and oxygen atoms in total. The maximum Gasteiger partial charge on any atom is 0.412 e. The van der Waals surface area contributed by atoms with Gasteiger partial charge in [-0.25, -0.2) is 4.79 Å². The summed E-state index contributed by atoms with van der Waals surface area (Å²) in [7, 11) is 0. The number of benzene rings is 3. The van der Waals surface area contributed by atoms with Crippen LogP contribution < -0.4 is 20.7 Å². The molecule has 3 amide bonds. The van der Waals surface area contributed by atoms with Gasteiger partial charge in [-0.15, -0.1) is 11.8 Å². The monoisotopic (exact) mass is 536 g/mol. The molecule has 0 bridgehead atoms. The molecule has 0 saturated heterocycles. The van der Waals surface area contributed by atoms with Crippen molar-refractivity contribution >= 4 is 64.4 Å². The average Bonchev–Trinajstić information content (AvgIpc) is 2.83. The van der Waals surface area contributed by atoms with E-state index in [0.717, 1.165) is 15.5 Å². The second-order valence-electron chi connectivity index (χ2n) is 9.35. The lowest BCUT2D eigenvalue weighted by atomic mass is 10.1. The molecule has 37 heavy (non-hydrogen) atoms. The fourth-order valence-corrected chi connectivity index (χ4v) is 4.99. The van der Waals surface area contributed by atoms with Crippen molar-refractivity contribution in [3.05, 3.63) is 72.3 Å². The second kappa shape index (κ2) is 11.2. The summed E-state index contributed by atoms with van der Waals surface area (Å²) in [6.07, 6.45) is -0.505. The molecule has 10 heteroatoms. The van der Waals surface area contributed by atoms with Gasteiger partial charge < -0.3 is 20.1 Å². The van der Waals surface area contributed by atoms with Crippen molar-refractivity contribution in [2.45, 2.75) is 48.3 Å². The molecule has 0 fully saturated rings. The van der Waals surface area contributed by atoms with Crippen molar-refractivity contribution in [2.24, 2.45) is 0 Å². The number of rotatable bonds is 6. The van der Waals surface area contributed by atoms with E-state index >= 15 is 0 Å². The van der Waals surface area contributed by atoms with E-state index in [9.17, 15) is 14.4 Å². The SMILES string of the molecule is CC1Sc2ccc(C(=O)Nc3cccc(SNc4ccc(NC(=O)OC(C)(C)C)cc4)c3)cc2NC1=O. The first-order valence-electron chi connectivity index (χ1n) is 11.6. The second-order valence-corrected chi connectivity index (χ2v) is 11.6. The predicted molar refractivity (Wildman–Crippen MR) is 151 cm³/mol. The van der Waals surface area contributed by atoms with Crippen molar-refractivity contribution in [1.29, 1.82) is 0 Å². The van der Waals surface area contributed by atoms with Crippen molar-refractivity contribution < 1.29 is 19.1 Å². The van der Waals surface area contributed by atoms with Crippen molar-refractivity contribution in [3.8, 4) is 0 Å². The van der Waals surface area contributed by atoms with E-state index in [4.69, 9.17) is 4.74 Å². The number of carbonyl (C=O) groups excluding carboxylic acids is 3. The molecule has 1 atom stereocenters. The molecular weight excluding hydrogens is 508 g/mol. The quantitative estimate of drug-likeness (QED) is 0.256. The van der Waals surface area contributed by atoms with Crippen LogP contribution in [0.5, 0.6) is 0 Å². The first kappa shape index (κ1) is 26.4. The highest BCUT2D eigenvalue weighted by atomic mass is 32.2. The number of anilines is 4. The van der Waals surface area contributed by atoms with Crippen LogP contribution in [0, 0.1) is 0 Å². The summed E-state index contributed by atoms with van der Waals surface area (Å²) in [5.74, 6) is -0.329. The number of amides is 3. The van der Waals surface area contributed by atoms with E-state index in [1.807, 2.05) is 70.2 Å². The molecule has 192 valence electrons. The minimum Gasteiger partial charge on any atom is -0.444 e. The molecule has 4 N–H and O–H groups in total. The third-order valence-electron chi connectivity index (χ3n) is 5.08. The first-order chi connectivity index (χ1) is 17.6. The van der Waals surface area contributed by atoms with Crippen LogP contribution in [0.4, 0.5) is 27.5 Å². The number of ether oxygens (including phenoxy) is 1. The molecule has 0 aliphatic carbocycles. The Morgan fingerprint density at radius 3 is 2.41 bits per heavy atom. The molecule has 3 aromatic rings. The maximum absolute atomic E-state index is 12.8. The Morgan fingerprint density at radius 1 is 0.946 bits per heavy atom. The van der Waals surface area contributed by atoms with Crippen LogP contribution in [-0.2, 0) is 9.53 Å². The summed E-state index contributed by atoms with van der Waals surface area (Å²) in [4.78, 5) is 38.6. The predicted octanol–water partition coefficient (Wildman–Crippen LogP) is 6.84. The molecule has 1 heterocycles. The van der Waals surface area contributed by atoms with Gasteiger partial charge in [-0.3, -0.25) is 14.9 Å². The van der Waals surface area contributed by atoms with Crippen molar-refractivity contribution in [1.82, 2.24) is 0 Å². The standard InChI is InChI=1S/C27H28N4O4S2/c1-16-24(32)30-22-14-17(8-13-23(22)36-16)25(33)28-20-6-5-7-21(15-20)37-31-19-11-9-18(10-12-19)29-26(34)35-27(2,3)4/h5-16,31H,1-4H3,(H,28,33)(H,29,34)(H,30,32). The van der Waals surface area contributed by atoms with Gasteiger partial charge in [0, 0.05) is 32.4 Å². The van der Waals surface area contributed by atoms with Crippen molar-refractivity contribution in [3.63, 3.8) is 0 Å². The van der Waals surface area contributed by atoms with Gasteiger partial charge in [0.2, 0.25) is 5.91 Å². The number of carbonyl (C=O) groups is 3. The molecule has 0 spiro atoms. The highest BCUT2D eigenvalue weighted by molar-refractivity contribution is 8.01. The van der Waals surface area contributed by atoms with Gasteiger partial charge in [-0.1, -0.05) is 6.07 Å². The molecule has 0 aromatic heterocycles. The van der Waals surface area contributed by atoms with Gasteiger partial charge in [-0.2, -0.15) is 0 Å². The Morgan fingerprint density at radius 2 is 1.68 bits per heavy atom. The molecule has 3 aromatic carbocycles. The van der Waals surface area contributed by atoms with Crippen LogP contribution in [0.3, 0.4) is 0 Å². The van der Waals surface area contributed by atoms with E-state index in [-0.39, 0.29) is 17.1 Å². The number of hydrogen-bond acceptors (Lipinski definition) is 7. The zero-order valence-corrected chi connectivity index (χ0v) is 22.5. The van der Waals surface area contributed by atoms with Gasteiger partial charge in [-0.05, 0) is 100 Å². The molecule has 0 radical (unpaired) electrons. The number of nitrogens with one attached hydrogen (secondary N) is 4. The molecule has 1 aliphatic rings. The highest BCUT2D eigenvalue weighted by Crippen LogP contribution is 2.36. The van der Waals surface area contributed by atoms with Crippen LogP contribution in [-0.4, -0.2) is 28.8 Å². The summed E-state index contributed by atoms with van der Waals surface area (Å²) in [6.45, 7) is 7.28. The highest BCUT2D eigenvalue weighted by Gasteiger charge is 2.24. The lowest BCUT2D eigenvalue weighted by Crippen LogP contribution is -2.27. The molecule has 0 saturated carbocycles. The lowest BCUT2D eigenvalue weighted by molar-refractivity contribution is -0.115. The van der Waals surface area contributed by atoms with Gasteiger partial charge in [0.05, 0.1) is 10.9 Å². The molecule has 4 rings (SSSR count).